The topological polar surface area (TPSA) is 16.1 Å². The molecule has 0 N–H and O–H groups in total. The first-order valence-electron chi connectivity index (χ1n) is 6.64. The van der Waals surface area contributed by atoms with E-state index in [9.17, 15) is 0 Å². The van der Waals surface area contributed by atoms with Crippen LogP contribution in [0.15, 0.2) is 12.1 Å². The van der Waals surface area contributed by atoms with Crippen LogP contribution in [0.3, 0.4) is 0 Å². The first kappa shape index (κ1) is 12.7. The van der Waals surface area contributed by atoms with Crippen LogP contribution in [0.5, 0.6) is 0 Å². The normalized spacial score (nSPS) is 16.2. The summed E-state index contributed by atoms with van der Waals surface area (Å²) in [4.78, 5) is 7.16. The quantitative estimate of drug-likeness (QED) is 0.759. The van der Waals surface area contributed by atoms with Gasteiger partial charge in [-0.15, -0.1) is 11.6 Å². The lowest BCUT2D eigenvalue weighted by atomic mass is 10.1. The summed E-state index contributed by atoms with van der Waals surface area (Å²) in [5.74, 6) is 1.71. The van der Waals surface area contributed by atoms with Gasteiger partial charge in [0.15, 0.2) is 0 Å². The molecule has 1 aliphatic heterocycles. The second-order valence-corrected chi connectivity index (χ2v) is 5.02. The van der Waals surface area contributed by atoms with Gasteiger partial charge in [-0.2, -0.15) is 0 Å². The van der Waals surface area contributed by atoms with Gasteiger partial charge >= 0.3 is 0 Å². The van der Waals surface area contributed by atoms with Gasteiger partial charge in [0.1, 0.15) is 5.82 Å². The van der Waals surface area contributed by atoms with Gasteiger partial charge in [-0.25, -0.2) is 4.98 Å². The molecule has 0 spiro atoms. The standard InChI is InChI=1S/C14H21ClN2/c1-2-6-13-9-12(11-15)10-14(16-13)17-7-4-3-5-8-17/h9-10H,2-8,11H2,1H3. The number of alkyl halides is 1. The van der Waals surface area contributed by atoms with Crippen LogP contribution in [0.4, 0.5) is 5.82 Å². The molecule has 17 heavy (non-hydrogen) atoms. The van der Waals surface area contributed by atoms with E-state index in [1.165, 1.54) is 30.5 Å². The lowest BCUT2D eigenvalue weighted by Gasteiger charge is -2.28. The van der Waals surface area contributed by atoms with E-state index >= 15 is 0 Å². The summed E-state index contributed by atoms with van der Waals surface area (Å²) in [6.45, 7) is 4.48. The van der Waals surface area contributed by atoms with Crippen molar-refractivity contribution in [1.82, 2.24) is 4.98 Å². The molecular formula is C14H21ClN2. The second kappa shape index (κ2) is 6.25. The molecule has 2 nitrogen and oxygen atoms in total. The van der Waals surface area contributed by atoms with Crippen molar-refractivity contribution in [3.05, 3.63) is 23.4 Å². The molecule has 0 saturated carbocycles. The minimum absolute atomic E-state index is 0.583. The monoisotopic (exact) mass is 252 g/mol. The van der Waals surface area contributed by atoms with Crippen molar-refractivity contribution in [2.45, 2.75) is 44.9 Å². The molecule has 0 bridgehead atoms. The molecule has 1 aromatic rings. The first-order chi connectivity index (χ1) is 8.33. The average Bonchev–Trinajstić information content (AvgIpc) is 2.40. The third kappa shape index (κ3) is 3.35. The molecule has 1 aromatic heterocycles. The number of halogens is 1. The van der Waals surface area contributed by atoms with Crippen LogP contribution in [0, 0.1) is 0 Å². The predicted molar refractivity (Wildman–Crippen MR) is 73.9 cm³/mol. The number of pyridine rings is 1. The average molecular weight is 253 g/mol. The van der Waals surface area contributed by atoms with E-state index in [0.29, 0.717) is 5.88 Å². The lowest BCUT2D eigenvalue weighted by molar-refractivity contribution is 0.572. The zero-order valence-electron chi connectivity index (χ0n) is 10.6. The van der Waals surface area contributed by atoms with Gasteiger partial charge in [-0.05, 0) is 43.4 Å². The fraction of sp³-hybridized carbons (Fsp3) is 0.643. The highest BCUT2D eigenvalue weighted by Gasteiger charge is 2.13. The van der Waals surface area contributed by atoms with Gasteiger partial charge in [-0.3, -0.25) is 0 Å². The Morgan fingerprint density at radius 1 is 1.24 bits per heavy atom. The maximum absolute atomic E-state index is 5.96. The van der Waals surface area contributed by atoms with Gasteiger partial charge in [0, 0.05) is 24.7 Å². The highest BCUT2D eigenvalue weighted by Crippen LogP contribution is 2.21. The summed E-state index contributed by atoms with van der Waals surface area (Å²) in [5, 5.41) is 0. The third-order valence-corrected chi connectivity index (χ3v) is 3.57. The van der Waals surface area contributed by atoms with Gasteiger partial charge in [0.05, 0.1) is 0 Å². The first-order valence-corrected chi connectivity index (χ1v) is 7.17. The van der Waals surface area contributed by atoms with E-state index in [1.807, 2.05) is 0 Å². The zero-order chi connectivity index (χ0) is 12.1. The summed E-state index contributed by atoms with van der Waals surface area (Å²) < 4.78 is 0. The van der Waals surface area contributed by atoms with Crippen LogP contribution in [0.1, 0.15) is 43.9 Å². The third-order valence-electron chi connectivity index (χ3n) is 3.27. The van der Waals surface area contributed by atoms with E-state index in [-0.39, 0.29) is 0 Å². The Bertz CT molecular complexity index is 359. The van der Waals surface area contributed by atoms with Gasteiger partial charge in [0.25, 0.3) is 0 Å². The molecule has 2 rings (SSSR count). The molecule has 0 aromatic carbocycles. The molecule has 0 aliphatic carbocycles. The molecule has 94 valence electrons. The number of hydrogen-bond donors (Lipinski definition) is 0. The van der Waals surface area contributed by atoms with Crippen LogP contribution in [0.2, 0.25) is 0 Å². The Hall–Kier alpha value is -0.760. The molecule has 1 fully saturated rings. The number of rotatable bonds is 4. The molecular weight excluding hydrogens is 232 g/mol. The maximum Gasteiger partial charge on any atom is 0.129 e. The minimum atomic E-state index is 0.583. The van der Waals surface area contributed by atoms with E-state index in [2.05, 4.69) is 24.0 Å². The molecule has 2 heterocycles. The number of anilines is 1. The molecule has 0 amide bonds. The number of nitrogens with zero attached hydrogens (tertiary/aromatic N) is 2. The smallest absolute Gasteiger partial charge is 0.129 e. The Morgan fingerprint density at radius 3 is 2.65 bits per heavy atom. The Balaban J connectivity index is 2.21. The van der Waals surface area contributed by atoms with E-state index in [0.717, 1.165) is 31.7 Å². The Morgan fingerprint density at radius 2 is 2.00 bits per heavy atom. The second-order valence-electron chi connectivity index (χ2n) is 4.76. The van der Waals surface area contributed by atoms with Crippen molar-refractivity contribution in [3.8, 4) is 0 Å². The zero-order valence-corrected chi connectivity index (χ0v) is 11.3. The highest BCUT2D eigenvalue weighted by atomic mass is 35.5. The molecule has 0 unspecified atom stereocenters. The van der Waals surface area contributed by atoms with Crippen LogP contribution in [-0.2, 0) is 12.3 Å². The largest absolute Gasteiger partial charge is 0.357 e. The summed E-state index contributed by atoms with van der Waals surface area (Å²) in [6.07, 6.45) is 6.11. The number of aromatic nitrogens is 1. The van der Waals surface area contributed by atoms with Crippen LogP contribution >= 0.6 is 11.6 Å². The van der Waals surface area contributed by atoms with Crippen molar-refractivity contribution in [1.29, 1.82) is 0 Å². The summed E-state index contributed by atoms with van der Waals surface area (Å²) in [5.41, 5.74) is 2.39. The van der Waals surface area contributed by atoms with E-state index in [1.54, 1.807) is 0 Å². The van der Waals surface area contributed by atoms with Crippen LogP contribution < -0.4 is 4.90 Å². The number of aryl methyl sites for hydroxylation is 1. The fourth-order valence-corrected chi connectivity index (χ4v) is 2.53. The van der Waals surface area contributed by atoms with Gasteiger partial charge in [-0.1, -0.05) is 13.3 Å². The van der Waals surface area contributed by atoms with Crippen LogP contribution in [0.25, 0.3) is 0 Å². The molecule has 3 heteroatoms. The summed E-state index contributed by atoms with van der Waals surface area (Å²) >= 11 is 5.96. The van der Waals surface area contributed by atoms with Crippen molar-refractivity contribution >= 4 is 17.4 Å². The van der Waals surface area contributed by atoms with Crippen molar-refractivity contribution in [3.63, 3.8) is 0 Å². The van der Waals surface area contributed by atoms with Gasteiger partial charge in [0.2, 0.25) is 0 Å². The molecule has 0 atom stereocenters. The van der Waals surface area contributed by atoms with E-state index < -0.39 is 0 Å². The van der Waals surface area contributed by atoms with Crippen LogP contribution in [-0.4, -0.2) is 18.1 Å². The lowest BCUT2D eigenvalue weighted by Crippen LogP contribution is -2.30. The molecule has 1 saturated heterocycles. The number of hydrogen-bond acceptors (Lipinski definition) is 2. The van der Waals surface area contributed by atoms with Gasteiger partial charge < -0.3 is 4.90 Å². The maximum atomic E-state index is 5.96. The van der Waals surface area contributed by atoms with E-state index in [4.69, 9.17) is 16.6 Å². The summed E-state index contributed by atoms with van der Waals surface area (Å²) in [6, 6.07) is 4.29. The minimum Gasteiger partial charge on any atom is -0.357 e. The summed E-state index contributed by atoms with van der Waals surface area (Å²) in [7, 11) is 0. The molecule has 0 radical (unpaired) electrons. The van der Waals surface area contributed by atoms with Crippen molar-refractivity contribution in [2.24, 2.45) is 0 Å². The fourth-order valence-electron chi connectivity index (χ4n) is 2.38. The van der Waals surface area contributed by atoms with Crippen molar-refractivity contribution in [2.75, 3.05) is 18.0 Å². The Kier molecular flexibility index (Phi) is 4.66. The number of piperidine rings is 1. The molecule has 1 aliphatic rings. The SMILES string of the molecule is CCCc1cc(CCl)cc(N2CCCCC2)n1. The van der Waals surface area contributed by atoms with Crippen molar-refractivity contribution < 1.29 is 0 Å². The predicted octanol–water partition coefficient (Wildman–Crippen LogP) is 3.76. The Labute approximate surface area is 109 Å². The highest BCUT2D eigenvalue weighted by molar-refractivity contribution is 6.17.